The lowest BCUT2D eigenvalue weighted by Gasteiger charge is -2.09. The van der Waals surface area contributed by atoms with Crippen LogP contribution < -0.4 is 15.0 Å². The van der Waals surface area contributed by atoms with Gasteiger partial charge in [0.2, 0.25) is 0 Å². The fourth-order valence-electron chi connectivity index (χ4n) is 3.78. The summed E-state index contributed by atoms with van der Waals surface area (Å²) < 4.78 is 10.5. The first-order valence-electron chi connectivity index (χ1n) is 9.93. The molecule has 0 fully saturated rings. The third-order valence-electron chi connectivity index (χ3n) is 5.34. The van der Waals surface area contributed by atoms with Crippen molar-refractivity contribution in [1.82, 2.24) is 9.97 Å². The first-order chi connectivity index (χ1) is 15.0. The summed E-state index contributed by atoms with van der Waals surface area (Å²) in [6.45, 7) is 0. The van der Waals surface area contributed by atoms with E-state index in [1.807, 2.05) is 6.07 Å². The smallest absolute Gasteiger partial charge is 0.259 e. The molecule has 0 spiro atoms. The fraction of sp³-hybridized carbons (Fsp3) is 0.304. The third kappa shape index (κ3) is 4.09. The van der Waals surface area contributed by atoms with E-state index in [1.165, 1.54) is 22.3 Å². The molecule has 7 nitrogen and oxygen atoms in total. The molecule has 1 aliphatic carbocycles. The minimum absolute atomic E-state index is 0.0801. The van der Waals surface area contributed by atoms with Crippen molar-refractivity contribution in [2.45, 2.75) is 31.6 Å². The van der Waals surface area contributed by atoms with E-state index in [0.29, 0.717) is 27.3 Å². The van der Waals surface area contributed by atoms with E-state index in [4.69, 9.17) is 9.47 Å². The Balaban J connectivity index is 1.65. The molecule has 0 bridgehead atoms. The zero-order chi connectivity index (χ0) is 22.0. The number of hydrogen-bond acceptors (Lipinski definition) is 7. The summed E-state index contributed by atoms with van der Waals surface area (Å²) in [5.41, 5.74) is 1.47. The maximum absolute atomic E-state index is 12.8. The number of carbonyl (C=O) groups excluding carboxylic acids is 1. The van der Waals surface area contributed by atoms with Gasteiger partial charge >= 0.3 is 0 Å². The highest BCUT2D eigenvalue weighted by atomic mass is 32.1. The van der Waals surface area contributed by atoms with Crippen LogP contribution in [0, 0.1) is 11.3 Å². The molecule has 2 heterocycles. The van der Waals surface area contributed by atoms with Gasteiger partial charge in [-0.25, -0.2) is 4.98 Å². The summed E-state index contributed by atoms with van der Waals surface area (Å²) >= 11 is 1.49. The van der Waals surface area contributed by atoms with Crippen LogP contribution in [0.25, 0.3) is 16.3 Å². The number of methoxy groups -OCH3 is 2. The molecule has 0 aliphatic heterocycles. The topological polar surface area (TPSA) is 105 Å². The second-order valence-electron chi connectivity index (χ2n) is 7.29. The molecule has 31 heavy (non-hydrogen) atoms. The van der Waals surface area contributed by atoms with E-state index >= 15 is 0 Å². The maximum Gasteiger partial charge on any atom is 0.259 e. The van der Waals surface area contributed by atoms with Gasteiger partial charge in [-0.3, -0.25) is 9.59 Å². The number of allylic oxidation sites excluding steroid dienone is 1. The molecule has 4 rings (SSSR count). The Hall–Kier alpha value is -3.44. The Bertz CT molecular complexity index is 1260. The monoisotopic (exact) mass is 435 g/mol. The zero-order valence-electron chi connectivity index (χ0n) is 17.2. The molecule has 1 atom stereocenters. The predicted molar refractivity (Wildman–Crippen MR) is 119 cm³/mol. The molecule has 1 aliphatic rings. The lowest BCUT2D eigenvalue weighted by atomic mass is 9.97. The molecule has 1 N–H and O–H groups in total. The molecular weight excluding hydrogens is 414 g/mol. The molecular formula is C23H21N3O4S. The Kier molecular flexibility index (Phi) is 5.87. The molecule has 1 aromatic carbocycles. The SMILES string of the molecule is COc1cc(/C=C/C(=O)C(C#N)c2nc3sc4c(c3c(=O)[nH]2)CCCC4)cc(OC)c1. The average molecular weight is 436 g/mol. The molecule has 2 aromatic heterocycles. The van der Waals surface area contributed by atoms with Gasteiger partial charge in [-0.05, 0) is 55.0 Å². The molecule has 0 radical (unpaired) electrons. The van der Waals surface area contributed by atoms with Crippen LogP contribution in [0.15, 0.2) is 29.1 Å². The normalized spacial score (nSPS) is 14.2. The predicted octanol–water partition coefficient (Wildman–Crippen LogP) is 3.77. The van der Waals surface area contributed by atoms with Crippen LogP contribution in [0.4, 0.5) is 0 Å². The van der Waals surface area contributed by atoms with Crippen molar-refractivity contribution in [3.63, 3.8) is 0 Å². The molecule has 0 saturated heterocycles. The van der Waals surface area contributed by atoms with E-state index < -0.39 is 11.7 Å². The van der Waals surface area contributed by atoms with Crippen LogP contribution in [-0.2, 0) is 17.6 Å². The second kappa shape index (κ2) is 8.74. The van der Waals surface area contributed by atoms with Crippen molar-refractivity contribution in [2.24, 2.45) is 0 Å². The van der Waals surface area contributed by atoms with E-state index in [0.717, 1.165) is 31.2 Å². The molecule has 0 saturated carbocycles. The maximum atomic E-state index is 12.8. The summed E-state index contributed by atoms with van der Waals surface area (Å²) in [6, 6.07) is 7.19. The van der Waals surface area contributed by atoms with Gasteiger partial charge in [0.25, 0.3) is 5.56 Å². The highest BCUT2D eigenvalue weighted by molar-refractivity contribution is 7.18. The number of ketones is 1. The van der Waals surface area contributed by atoms with Crippen molar-refractivity contribution < 1.29 is 14.3 Å². The van der Waals surface area contributed by atoms with Gasteiger partial charge in [-0.2, -0.15) is 5.26 Å². The number of hydrogen-bond donors (Lipinski definition) is 1. The third-order valence-corrected chi connectivity index (χ3v) is 6.53. The first-order valence-corrected chi connectivity index (χ1v) is 10.7. The number of rotatable bonds is 6. The minimum atomic E-state index is -1.19. The number of nitrogens with one attached hydrogen (secondary N) is 1. The molecule has 8 heteroatoms. The quantitative estimate of drug-likeness (QED) is 0.591. The standard InChI is InChI=1S/C23H21N3O4S/c1-29-14-9-13(10-15(11-14)30-2)7-8-18(27)17(12-24)21-25-22(28)20-16-5-3-4-6-19(16)31-23(20)26-21/h7-11,17H,3-6H2,1-2H3,(H,25,26,28)/b8-7+. The number of H-pyrrole nitrogens is 1. The Morgan fingerprint density at radius 2 is 1.94 bits per heavy atom. The minimum Gasteiger partial charge on any atom is -0.497 e. The van der Waals surface area contributed by atoms with Crippen LogP contribution in [0.3, 0.4) is 0 Å². The highest BCUT2D eigenvalue weighted by Gasteiger charge is 2.25. The number of aryl methyl sites for hydroxylation is 2. The van der Waals surface area contributed by atoms with Crippen molar-refractivity contribution in [2.75, 3.05) is 14.2 Å². The Morgan fingerprint density at radius 3 is 2.61 bits per heavy atom. The number of thiophene rings is 1. The van der Waals surface area contributed by atoms with Crippen LogP contribution in [0.2, 0.25) is 0 Å². The summed E-state index contributed by atoms with van der Waals surface area (Å²) in [5.74, 6) is -0.410. The number of fused-ring (bicyclic) bond motifs is 3. The molecule has 1 unspecified atom stereocenters. The largest absolute Gasteiger partial charge is 0.497 e. The van der Waals surface area contributed by atoms with Gasteiger partial charge in [-0.15, -0.1) is 11.3 Å². The van der Waals surface area contributed by atoms with Gasteiger partial charge < -0.3 is 14.5 Å². The molecule has 3 aromatic rings. The Morgan fingerprint density at radius 1 is 1.23 bits per heavy atom. The second-order valence-corrected chi connectivity index (χ2v) is 8.37. The number of carbonyl (C=O) groups is 1. The summed E-state index contributed by atoms with van der Waals surface area (Å²) in [4.78, 5) is 34.5. The van der Waals surface area contributed by atoms with Gasteiger partial charge in [-0.1, -0.05) is 6.08 Å². The lowest BCUT2D eigenvalue weighted by molar-refractivity contribution is -0.114. The number of aromatic nitrogens is 2. The summed E-state index contributed by atoms with van der Waals surface area (Å²) in [7, 11) is 3.08. The van der Waals surface area contributed by atoms with Gasteiger partial charge in [0.05, 0.1) is 25.7 Å². The van der Waals surface area contributed by atoms with Crippen molar-refractivity contribution in [3.05, 3.63) is 56.5 Å². The highest BCUT2D eigenvalue weighted by Crippen LogP contribution is 2.34. The van der Waals surface area contributed by atoms with E-state index in [1.54, 1.807) is 38.5 Å². The van der Waals surface area contributed by atoms with E-state index in [-0.39, 0.29) is 11.4 Å². The van der Waals surface area contributed by atoms with Crippen LogP contribution in [-0.4, -0.2) is 30.0 Å². The summed E-state index contributed by atoms with van der Waals surface area (Å²) in [6.07, 6.45) is 6.86. The average Bonchev–Trinajstić information content (AvgIpc) is 3.16. The first kappa shape index (κ1) is 20.8. The number of nitrogens with zero attached hydrogens (tertiary/aromatic N) is 2. The number of nitriles is 1. The zero-order valence-corrected chi connectivity index (χ0v) is 18.0. The van der Waals surface area contributed by atoms with Crippen LogP contribution >= 0.6 is 11.3 Å². The van der Waals surface area contributed by atoms with E-state index in [2.05, 4.69) is 9.97 Å². The molecule has 158 valence electrons. The van der Waals surface area contributed by atoms with Crippen LogP contribution in [0.1, 0.15) is 40.6 Å². The van der Waals surface area contributed by atoms with Gasteiger partial charge in [0, 0.05) is 10.9 Å². The van der Waals surface area contributed by atoms with Crippen molar-refractivity contribution in [3.8, 4) is 17.6 Å². The number of ether oxygens (including phenoxy) is 2. The number of aromatic amines is 1. The lowest BCUT2D eigenvalue weighted by Crippen LogP contribution is -2.18. The van der Waals surface area contributed by atoms with E-state index in [9.17, 15) is 14.9 Å². The summed E-state index contributed by atoms with van der Waals surface area (Å²) in [5, 5.41) is 10.2. The van der Waals surface area contributed by atoms with Gasteiger partial charge in [0.1, 0.15) is 22.2 Å². The van der Waals surface area contributed by atoms with Crippen molar-refractivity contribution >= 4 is 33.4 Å². The van der Waals surface area contributed by atoms with Crippen molar-refractivity contribution in [1.29, 1.82) is 5.26 Å². The molecule has 0 amide bonds. The number of benzene rings is 1. The van der Waals surface area contributed by atoms with Crippen LogP contribution in [0.5, 0.6) is 11.5 Å². The Labute approximate surface area is 183 Å². The van der Waals surface area contributed by atoms with Gasteiger partial charge in [0.15, 0.2) is 11.7 Å². The fourth-order valence-corrected chi connectivity index (χ4v) is 5.05.